The minimum absolute atomic E-state index is 0.0299. The summed E-state index contributed by atoms with van der Waals surface area (Å²) in [5.41, 5.74) is 5.85. The fourth-order valence-electron chi connectivity index (χ4n) is 4.99. The summed E-state index contributed by atoms with van der Waals surface area (Å²) >= 11 is 3.65. The number of benzene rings is 1. The van der Waals surface area contributed by atoms with Crippen molar-refractivity contribution in [3.05, 3.63) is 69.4 Å². The maximum atomic E-state index is 13.1. The number of halogens is 1. The number of hydrogen-bond acceptors (Lipinski definition) is 7. The molecule has 1 saturated heterocycles. The summed E-state index contributed by atoms with van der Waals surface area (Å²) in [7, 11) is 5.60. The van der Waals surface area contributed by atoms with Crippen molar-refractivity contribution in [1.82, 2.24) is 29.5 Å². The van der Waals surface area contributed by atoms with Crippen LogP contribution in [0.25, 0.3) is 5.57 Å². The third-order valence-corrected chi connectivity index (χ3v) is 7.74. The molecule has 1 fully saturated rings. The van der Waals surface area contributed by atoms with Crippen LogP contribution in [0.15, 0.2) is 41.1 Å². The Labute approximate surface area is 225 Å². The fraction of sp³-hybridized carbons (Fsp3) is 0.407. The number of nitrogens with one attached hydrogen (secondary N) is 1. The Morgan fingerprint density at radius 1 is 1.22 bits per heavy atom. The van der Waals surface area contributed by atoms with Crippen LogP contribution in [0.4, 0.5) is 5.69 Å². The van der Waals surface area contributed by atoms with E-state index in [2.05, 4.69) is 60.3 Å². The highest BCUT2D eigenvalue weighted by Crippen LogP contribution is 2.38. The zero-order valence-electron chi connectivity index (χ0n) is 21.7. The molecule has 3 heterocycles. The SMILES string of the molecule is COc1nn(C)cc1Cc1ncc(Br)c(C2=CCc3c(NC(=O)[C@@H](C)N4CCN(C)CC4)cccc32)n1. The molecule has 1 aromatic carbocycles. The topological polar surface area (TPSA) is 88.4 Å². The molecule has 37 heavy (non-hydrogen) atoms. The van der Waals surface area contributed by atoms with Crippen molar-refractivity contribution in [2.45, 2.75) is 25.8 Å². The number of carbonyl (C=O) groups is 1. The average molecular weight is 567 g/mol. The second kappa shape index (κ2) is 10.7. The van der Waals surface area contributed by atoms with Gasteiger partial charge in [-0.1, -0.05) is 18.2 Å². The number of amides is 1. The summed E-state index contributed by atoms with van der Waals surface area (Å²) < 4.78 is 7.95. The highest BCUT2D eigenvalue weighted by molar-refractivity contribution is 9.10. The predicted molar refractivity (Wildman–Crippen MR) is 147 cm³/mol. The standard InChI is InChI=1S/C27H32BrN7O2/c1-17(35-12-10-33(2)11-13-35)26(36)30-23-7-5-6-19-20(23)8-9-21(19)25-22(28)15-29-24(31-25)14-18-16-34(3)32-27(18)37-4/h5-7,9,15-17H,8,10-14H2,1-4H3,(H,30,36)/t17-/m1/s1. The summed E-state index contributed by atoms with van der Waals surface area (Å²) in [5.74, 6) is 1.29. The monoisotopic (exact) mass is 565 g/mol. The van der Waals surface area contributed by atoms with Crippen LogP contribution in [0.5, 0.6) is 5.88 Å². The first-order valence-electron chi connectivity index (χ1n) is 12.5. The minimum atomic E-state index is -0.179. The molecule has 5 rings (SSSR count). The first-order chi connectivity index (χ1) is 17.8. The van der Waals surface area contributed by atoms with Crippen LogP contribution < -0.4 is 10.1 Å². The number of ether oxygens (including phenoxy) is 1. The Bertz CT molecular complexity index is 1340. The van der Waals surface area contributed by atoms with E-state index in [9.17, 15) is 4.79 Å². The van der Waals surface area contributed by atoms with Crippen molar-refractivity contribution in [1.29, 1.82) is 0 Å². The molecule has 10 heteroatoms. The quantitative estimate of drug-likeness (QED) is 0.470. The van der Waals surface area contributed by atoms with E-state index >= 15 is 0 Å². The second-order valence-corrected chi connectivity index (χ2v) is 10.5. The summed E-state index contributed by atoms with van der Waals surface area (Å²) in [4.78, 5) is 27.1. The van der Waals surface area contributed by atoms with E-state index in [4.69, 9.17) is 9.72 Å². The third-order valence-electron chi connectivity index (χ3n) is 7.16. The van der Waals surface area contributed by atoms with E-state index in [-0.39, 0.29) is 11.9 Å². The summed E-state index contributed by atoms with van der Waals surface area (Å²) in [6.45, 7) is 5.76. The molecule has 3 aromatic rings. The number of aromatic nitrogens is 4. The van der Waals surface area contributed by atoms with Crippen molar-refractivity contribution in [3.63, 3.8) is 0 Å². The van der Waals surface area contributed by atoms with Gasteiger partial charge in [0, 0.05) is 68.9 Å². The van der Waals surface area contributed by atoms with Crippen molar-refractivity contribution in [2.24, 2.45) is 7.05 Å². The van der Waals surface area contributed by atoms with Gasteiger partial charge in [-0.3, -0.25) is 14.4 Å². The zero-order valence-corrected chi connectivity index (χ0v) is 23.2. The van der Waals surface area contributed by atoms with Gasteiger partial charge in [0.15, 0.2) is 0 Å². The molecule has 0 radical (unpaired) electrons. The van der Waals surface area contributed by atoms with Crippen LogP contribution >= 0.6 is 15.9 Å². The highest BCUT2D eigenvalue weighted by atomic mass is 79.9. The lowest BCUT2D eigenvalue weighted by Gasteiger charge is -2.35. The fourth-order valence-corrected chi connectivity index (χ4v) is 5.39. The van der Waals surface area contributed by atoms with E-state index in [0.717, 1.165) is 70.7 Å². The maximum Gasteiger partial charge on any atom is 0.241 e. The van der Waals surface area contributed by atoms with Gasteiger partial charge in [0.2, 0.25) is 11.8 Å². The molecule has 0 saturated carbocycles. The van der Waals surface area contributed by atoms with Crippen molar-refractivity contribution >= 4 is 33.1 Å². The number of hydrogen-bond donors (Lipinski definition) is 1. The van der Waals surface area contributed by atoms with Crippen molar-refractivity contribution in [3.8, 4) is 5.88 Å². The summed E-state index contributed by atoms with van der Waals surface area (Å²) in [5, 5.41) is 7.53. The van der Waals surface area contributed by atoms with Gasteiger partial charge in [-0.05, 0) is 53.5 Å². The zero-order chi connectivity index (χ0) is 26.1. The number of aryl methyl sites for hydroxylation is 1. The van der Waals surface area contributed by atoms with Crippen LogP contribution in [-0.4, -0.2) is 81.8 Å². The molecular weight excluding hydrogens is 534 g/mol. The summed E-state index contributed by atoms with van der Waals surface area (Å²) in [6, 6.07) is 5.89. The molecule has 2 aliphatic rings. The lowest BCUT2D eigenvalue weighted by atomic mass is 10.0. The molecule has 1 atom stereocenters. The Morgan fingerprint density at radius 3 is 2.76 bits per heavy atom. The van der Waals surface area contributed by atoms with Gasteiger partial charge in [-0.15, -0.1) is 5.10 Å². The van der Waals surface area contributed by atoms with Crippen LogP contribution in [0, 0.1) is 0 Å². The maximum absolute atomic E-state index is 13.1. The van der Waals surface area contributed by atoms with Crippen molar-refractivity contribution in [2.75, 3.05) is 45.7 Å². The number of anilines is 1. The summed E-state index contributed by atoms with van der Waals surface area (Å²) in [6.07, 6.45) is 7.13. The second-order valence-electron chi connectivity index (χ2n) is 9.65. The first-order valence-corrected chi connectivity index (χ1v) is 13.3. The lowest BCUT2D eigenvalue weighted by Crippen LogP contribution is -2.51. The van der Waals surface area contributed by atoms with Crippen LogP contribution in [0.2, 0.25) is 0 Å². The number of piperazine rings is 1. The third kappa shape index (κ3) is 5.32. The largest absolute Gasteiger partial charge is 0.480 e. The van der Waals surface area contributed by atoms with Gasteiger partial charge in [0.05, 0.1) is 23.3 Å². The normalized spacial score (nSPS) is 16.8. The van der Waals surface area contributed by atoms with Gasteiger partial charge in [0.25, 0.3) is 0 Å². The van der Waals surface area contributed by atoms with Gasteiger partial charge >= 0.3 is 0 Å². The van der Waals surface area contributed by atoms with E-state index in [1.807, 2.05) is 32.3 Å². The average Bonchev–Trinajstić information content (AvgIpc) is 3.48. The molecule has 0 spiro atoms. The number of rotatable bonds is 7. The molecule has 1 N–H and O–H groups in total. The Kier molecular flexibility index (Phi) is 7.41. The number of methoxy groups -OCH3 is 1. The van der Waals surface area contributed by atoms with Crippen molar-refractivity contribution < 1.29 is 9.53 Å². The van der Waals surface area contributed by atoms with E-state index in [0.29, 0.717) is 18.1 Å². The molecule has 1 aliphatic carbocycles. The molecule has 194 valence electrons. The molecule has 1 aliphatic heterocycles. The Balaban J connectivity index is 1.36. The molecule has 9 nitrogen and oxygen atoms in total. The van der Waals surface area contributed by atoms with Crippen LogP contribution in [0.3, 0.4) is 0 Å². The van der Waals surface area contributed by atoms with E-state index in [1.165, 1.54) is 0 Å². The van der Waals surface area contributed by atoms with E-state index < -0.39 is 0 Å². The smallest absolute Gasteiger partial charge is 0.241 e. The molecule has 2 aromatic heterocycles. The molecular formula is C27H32BrN7O2. The predicted octanol–water partition coefficient (Wildman–Crippen LogP) is 3.13. The van der Waals surface area contributed by atoms with Gasteiger partial charge in [-0.2, -0.15) is 0 Å². The number of likely N-dealkylation sites (N-methyl/N-ethyl adjacent to an activating group) is 1. The van der Waals surface area contributed by atoms with E-state index in [1.54, 1.807) is 18.0 Å². The molecule has 1 amide bonds. The van der Waals surface area contributed by atoms with Gasteiger partial charge in [0.1, 0.15) is 5.82 Å². The number of carbonyl (C=O) groups excluding carboxylic acids is 1. The Hall–Kier alpha value is -3.08. The lowest BCUT2D eigenvalue weighted by molar-refractivity contribution is -0.121. The molecule has 0 unspecified atom stereocenters. The minimum Gasteiger partial charge on any atom is -0.480 e. The first kappa shape index (κ1) is 25.6. The number of allylic oxidation sites excluding steroid dienone is 1. The highest BCUT2D eigenvalue weighted by Gasteiger charge is 2.27. The Morgan fingerprint density at radius 2 is 2.00 bits per heavy atom. The molecule has 0 bridgehead atoms. The van der Waals surface area contributed by atoms with Gasteiger partial charge in [-0.25, -0.2) is 9.97 Å². The number of fused-ring (bicyclic) bond motifs is 1. The van der Waals surface area contributed by atoms with Gasteiger partial charge < -0.3 is 15.0 Å². The number of nitrogens with zero attached hydrogens (tertiary/aromatic N) is 6. The van der Waals surface area contributed by atoms with Crippen LogP contribution in [0.1, 0.15) is 35.1 Å². The van der Waals surface area contributed by atoms with Crippen LogP contribution in [-0.2, 0) is 24.7 Å².